The minimum absolute atomic E-state index is 0.0480. The molecular weight excluding hydrogens is 234 g/mol. The molecule has 1 aromatic carbocycles. The highest BCUT2D eigenvalue weighted by Crippen LogP contribution is 2.26. The second-order valence-electron chi connectivity index (χ2n) is 3.91. The van der Waals surface area contributed by atoms with Crippen LogP contribution in [-0.2, 0) is 0 Å². The van der Waals surface area contributed by atoms with Gasteiger partial charge in [-0.05, 0) is 12.1 Å². The second kappa shape index (κ2) is 2.99. The standard InChI is InChI=1S/C13H7NO2S/c15-12-8-3-1-2-4-9(8)16-10-7-14-5-6-17-13(14)11(10)12/h1-7H. The van der Waals surface area contributed by atoms with E-state index in [4.69, 9.17) is 4.42 Å². The van der Waals surface area contributed by atoms with Gasteiger partial charge in [0, 0.05) is 11.6 Å². The van der Waals surface area contributed by atoms with E-state index in [1.807, 2.05) is 40.4 Å². The number of aromatic nitrogens is 1. The molecule has 0 saturated heterocycles. The van der Waals surface area contributed by atoms with E-state index >= 15 is 0 Å². The van der Waals surface area contributed by atoms with Crippen molar-refractivity contribution in [1.82, 2.24) is 4.40 Å². The molecule has 0 bridgehead atoms. The highest BCUT2D eigenvalue weighted by atomic mass is 32.1. The molecule has 0 unspecified atom stereocenters. The highest BCUT2D eigenvalue weighted by molar-refractivity contribution is 7.16. The molecule has 3 heterocycles. The van der Waals surface area contributed by atoms with Crippen molar-refractivity contribution in [3.63, 3.8) is 0 Å². The van der Waals surface area contributed by atoms with Crippen LogP contribution < -0.4 is 5.43 Å². The van der Waals surface area contributed by atoms with Crippen LogP contribution in [0.4, 0.5) is 0 Å². The Bertz CT molecular complexity index is 913. The summed E-state index contributed by atoms with van der Waals surface area (Å²) in [5, 5.41) is 3.28. The molecule has 0 atom stereocenters. The third kappa shape index (κ3) is 1.08. The molecule has 0 N–H and O–H groups in total. The average Bonchev–Trinajstić information content (AvgIpc) is 2.89. The number of hydrogen-bond acceptors (Lipinski definition) is 3. The summed E-state index contributed by atoms with van der Waals surface area (Å²) in [4.78, 5) is 13.3. The van der Waals surface area contributed by atoms with Crippen LogP contribution in [0.5, 0.6) is 0 Å². The van der Waals surface area contributed by atoms with E-state index in [2.05, 4.69) is 0 Å². The first-order valence-corrected chi connectivity index (χ1v) is 6.12. The number of para-hydroxylation sites is 1. The topological polar surface area (TPSA) is 34.6 Å². The van der Waals surface area contributed by atoms with Gasteiger partial charge in [-0.15, -0.1) is 11.3 Å². The first kappa shape index (κ1) is 9.01. The van der Waals surface area contributed by atoms with Gasteiger partial charge in [0.1, 0.15) is 15.8 Å². The molecule has 0 saturated carbocycles. The van der Waals surface area contributed by atoms with Gasteiger partial charge in [0.25, 0.3) is 0 Å². The van der Waals surface area contributed by atoms with Crippen LogP contribution in [0.3, 0.4) is 0 Å². The predicted octanol–water partition coefficient (Wildman–Crippen LogP) is 3.26. The third-order valence-electron chi connectivity index (χ3n) is 2.93. The average molecular weight is 241 g/mol. The Balaban J connectivity index is 2.41. The van der Waals surface area contributed by atoms with Crippen molar-refractivity contribution in [2.45, 2.75) is 0 Å². The largest absolute Gasteiger partial charge is 0.454 e. The lowest BCUT2D eigenvalue weighted by Gasteiger charge is -1.95. The summed E-state index contributed by atoms with van der Waals surface area (Å²) >= 11 is 1.55. The van der Waals surface area contributed by atoms with E-state index in [1.165, 1.54) is 0 Å². The minimum Gasteiger partial charge on any atom is -0.454 e. The van der Waals surface area contributed by atoms with Crippen LogP contribution in [0.15, 0.2) is 51.3 Å². The lowest BCUT2D eigenvalue weighted by Crippen LogP contribution is -2.00. The first-order valence-electron chi connectivity index (χ1n) is 5.24. The van der Waals surface area contributed by atoms with Crippen LogP contribution in [-0.4, -0.2) is 4.40 Å². The molecule has 82 valence electrons. The molecule has 0 spiro atoms. The summed E-state index contributed by atoms with van der Waals surface area (Å²) in [7, 11) is 0. The van der Waals surface area contributed by atoms with E-state index < -0.39 is 0 Å². The molecule has 0 amide bonds. The van der Waals surface area contributed by atoms with E-state index in [9.17, 15) is 4.79 Å². The molecule has 3 nitrogen and oxygen atoms in total. The number of nitrogens with zero attached hydrogens (tertiary/aromatic N) is 1. The second-order valence-corrected chi connectivity index (χ2v) is 4.81. The zero-order valence-corrected chi connectivity index (χ0v) is 9.53. The molecule has 0 aliphatic heterocycles. The Morgan fingerprint density at radius 3 is 3.00 bits per heavy atom. The number of hydrogen-bond donors (Lipinski definition) is 0. The van der Waals surface area contributed by atoms with Crippen molar-refractivity contribution in [1.29, 1.82) is 0 Å². The fourth-order valence-electron chi connectivity index (χ4n) is 2.16. The van der Waals surface area contributed by atoms with E-state index in [0.29, 0.717) is 21.9 Å². The summed E-state index contributed by atoms with van der Waals surface area (Å²) in [5.74, 6) is 0. The summed E-state index contributed by atoms with van der Waals surface area (Å²) in [6, 6.07) is 7.35. The van der Waals surface area contributed by atoms with Crippen molar-refractivity contribution in [2.75, 3.05) is 0 Å². The first-order chi connectivity index (χ1) is 8.34. The molecule has 17 heavy (non-hydrogen) atoms. The quantitative estimate of drug-likeness (QED) is 0.473. The van der Waals surface area contributed by atoms with Crippen LogP contribution in [0.1, 0.15) is 0 Å². The third-order valence-corrected chi connectivity index (χ3v) is 3.83. The number of thiazole rings is 1. The fraction of sp³-hybridized carbons (Fsp3) is 0. The van der Waals surface area contributed by atoms with Gasteiger partial charge in [0.05, 0.1) is 11.6 Å². The monoisotopic (exact) mass is 241 g/mol. The van der Waals surface area contributed by atoms with Crippen LogP contribution in [0.2, 0.25) is 0 Å². The smallest absolute Gasteiger partial charge is 0.203 e. The maximum atomic E-state index is 12.4. The van der Waals surface area contributed by atoms with Gasteiger partial charge in [-0.3, -0.25) is 4.79 Å². The predicted molar refractivity (Wildman–Crippen MR) is 68.8 cm³/mol. The van der Waals surface area contributed by atoms with E-state index in [0.717, 1.165) is 4.83 Å². The summed E-state index contributed by atoms with van der Waals surface area (Å²) in [5.41, 5.74) is 1.34. The van der Waals surface area contributed by atoms with Crippen molar-refractivity contribution < 1.29 is 4.42 Å². The summed E-state index contributed by atoms with van der Waals surface area (Å²) in [6.45, 7) is 0. The lowest BCUT2D eigenvalue weighted by atomic mass is 10.2. The summed E-state index contributed by atoms with van der Waals surface area (Å²) in [6.07, 6.45) is 3.79. The Morgan fingerprint density at radius 1 is 1.18 bits per heavy atom. The summed E-state index contributed by atoms with van der Waals surface area (Å²) < 4.78 is 7.69. The molecule has 0 fully saturated rings. The molecule has 0 aliphatic rings. The van der Waals surface area contributed by atoms with Gasteiger partial charge in [0.2, 0.25) is 5.43 Å². The number of fused-ring (bicyclic) bond motifs is 4. The number of rotatable bonds is 0. The van der Waals surface area contributed by atoms with Crippen molar-refractivity contribution in [3.05, 3.63) is 52.3 Å². The Hall–Kier alpha value is -2.07. The van der Waals surface area contributed by atoms with Crippen molar-refractivity contribution >= 4 is 38.1 Å². The Kier molecular flexibility index (Phi) is 1.58. The molecule has 4 aromatic rings. The molecule has 0 aliphatic carbocycles. The highest BCUT2D eigenvalue weighted by Gasteiger charge is 2.12. The van der Waals surface area contributed by atoms with Crippen LogP contribution in [0.25, 0.3) is 26.8 Å². The van der Waals surface area contributed by atoms with Gasteiger partial charge in [-0.1, -0.05) is 12.1 Å². The van der Waals surface area contributed by atoms with Gasteiger partial charge in [-0.25, -0.2) is 0 Å². The maximum absolute atomic E-state index is 12.4. The normalized spacial score (nSPS) is 11.8. The molecular formula is C13H7NO2S. The molecule has 4 heteroatoms. The molecule has 4 rings (SSSR count). The van der Waals surface area contributed by atoms with Gasteiger partial charge in [-0.2, -0.15) is 0 Å². The maximum Gasteiger partial charge on any atom is 0.203 e. The van der Waals surface area contributed by atoms with Crippen molar-refractivity contribution in [3.8, 4) is 0 Å². The fourth-order valence-corrected chi connectivity index (χ4v) is 3.03. The lowest BCUT2D eigenvalue weighted by molar-refractivity contribution is 0.659. The van der Waals surface area contributed by atoms with E-state index in [1.54, 1.807) is 17.4 Å². The van der Waals surface area contributed by atoms with Gasteiger partial charge in [0.15, 0.2) is 5.58 Å². The van der Waals surface area contributed by atoms with E-state index in [-0.39, 0.29) is 5.43 Å². The Morgan fingerprint density at radius 2 is 2.06 bits per heavy atom. The van der Waals surface area contributed by atoms with Crippen LogP contribution >= 0.6 is 11.3 Å². The minimum atomic E-state index is 0.0480. The SMILES string of the molecule is O=c1c2ccccc2oc2cn3ccsc3c12. The van der Waals surface area contributed by atoms with Crippen molar-refractivity contribution in [2.24, 2.45) is 0 Å². The zero-order valence-electron chi connectivity index (χ0n) is 8.71. The zero-order chi connectivity index (χ0) is 11.4. The molecule has 0 radical (unpaired) electrons. The van der Waals surface area contributed by atoms with Gasteiger partial charge >= 0.3 is 0 Å². The molecule has 3 aromatic heterocycles. The number of benzene rings is 1. The van der Waals surface area contributed by atoms with Gasteiger partial charge < -0.3 is 8.82 Å². The Labute approximate surface area is 99.5 Å². The van der Waals surface area contributed by atoms with Crippen LogP contribution in [0, 0.1) is 0 Å².